The fourth-order valence-corrected chi connectivity index (χ4v) is 4.96. The summed E-state index contributed by atoms with van der Waals surface area (Å²) in [5, 5.41) is 4.74. The average Bonchev–Trinajstić information content (AvgIpc) is 3.21. The van der Waals surface area contributed by atoms with Crippen LogP contribution in [0.4, 0.5) is 11.5 Å². The van der Waals surface area contributed by atoms with E-state index in [0.29, 0.717) is 0 Å². The van der Waals surface area contributed by atoms with E-state index in [0.717, 1.165) is 28.1 Å². The topological polar surface area (TPSA) is 53.6 Å². The molecular weight excluding hydrogens is 392 g/mol. The molecule has 0 bridgehead atoms. The molecule has 4 heteroatoms. The fourth-order valence-electron chi connectivity index (χ4n) is 4.96. The van der Waals surface area contributed by atoms with E-state index in [4.69, 9.17) is 4.98 Å². The molecule has 0 saturated carbocycles. The summed E-state index contributed by atoms with van der Waals surface area (Å²) in [5.74, 6) is 0.842. The zero-order chi connectivity index (χ0) is 23.5. The first-order valence-electron chi connectivity index (χ1n) is 11.3. The Bertz CT molecular complexity index is 1330. The minimum absolute atomic E-state index is 0.842. The molecule has 4 aromatic rings. The minimum Gasteiger partial charge on any atom is -0.345 e. The van der Waals surface area contributed by atoms with E-state index in [-0.39, 0.29) is 0 Å². The van der Waals surface area contributed by atoms with Crippen LogP contribution in [0.25, 0.3) is 22.2 Å². The third-order valence-electron chi connectivity index (χ3n) is 7.98. The predicted molar refractivity (Wildman–Crippen MR) is 136 cm³/mol. The normalized spacial score (nSPS) is 11.4. The van der Waals surface area contributed by atoms with Gasteiger partial charge in [0.1, 0.15) is 17.8 Å². The second-order valence-corrected chi connectivity index (χ2v) is 9.27. The van der Waals surface area contributed by atoms with Gasteiger partial charge in [-0.25, -0.2) is 9.97 Å². The lowest BCUT2D eigenvalue weighted by molar-refractivity contribution is 1.16. The molecule has 2 aromatic carbocycles. The molecule has 0 saturated heterocycles. The Balaban J connectivity index is 1.99. The SMILES string of the molecule is Cc1c(C)c(C)c(Nc2ncnc3[nH]cc(-c4c(C)c(C)c(C)c(C)c4C)c23)c(C)c1C. The van der Waals surface area contributed by atoms with Crippen LogP contribution in [0.1, 0.15) is 55.6 Å². The van der Waals surface area contributed by atoms with Gasteiger partial charge in [0, 0.05) is 17.4 Å². The molecule has 0 aliphatic rings. The van der Waals surface area contributed by atoms with Crippen LogP contribution in [-0.4, -0.2) is 15.0 Å². The third kappa shape index (κ3) is 3.12. The van der Waals surface area contributed by atoms with Gasteiger partial charge in [0.05, 0.1) is 5.39 Å². The third-order valence-corrected chi connectivity index (χ3v) is 7.98. The lowest BCUT2D eigenvalue weighted by Gasteiger charge is -2.21. The van der Waals surface area contributed by atoms with Gasteiger partial charge in [0.15, 0.2) is 0 Å². The van der Waals surface area contributed by atoms with Crippen LogP contribution in [0.3, 0.4) is 0 Å². The maximum Gasteiger partial charge on any atom is 0.143 e. The maximum absolute atomic E-state index is 4.70. The summed E-state index contributed by atoms with van der Waals surface area (Å²) in [7, 11) is 0. The molecule has 0 aliphatic heterocycles. The van der Waals surface area contributed by atoms with E-state index in [9.17, 15) is 0 Å². The molecule has 4 nitrogen and oxygen atoms in total. The summed E-state index contributed by atoms with van der Waals surface area (Å²) in [5.41, 5.74) is 17.7. The number of aromatic nitrogens is 3. The number of anilines is 2. The van der Waals surface area contributed by atoms with Gasteiger partial charge >= 0.3 is 0 Å². The van der Waals surface area contributed by atoms with Crippen molar-refractivity contribution in [2.75, 3.05) is 5.32 Å². The quantitative estimate of drug-likeness (QED) is 0.357. The zero-order valence-corrected chi connectivity index (χ0v) is 21.0. The molecule has 0 amide bonds. The summed E-state index contributed by atoms with van der Waals surface area (Å²) >= 11 is 0. The number of hydrogen-bond acceptors (Lipinski definition) is 3. The molecule has 0 atom stereocenters. The van der Waals surface area contributed by atoms with Gasteiger partial charge in [0.25, 0.3) is 0 Å². The summed E-state index contributed by atoms with van der Waals surface area (Å²) in [6.07, 6.45) is 3.72. The van der Waals surface area contributed by atoms with Crippen molar-refractivity contribution >= 4 is 22.5 Å². The first-order valence-corrected chi connectivity index (χ1v) is 11.3. The molecule has 2 N–H and O–H groups in total. The fraction of sp³-hybridized carbons (Fsp3) is 0.357. The van der Waals surface area contributed by atoms with Gasteiger partial charge in [0.2, 0.25) is 0 Å². The highest BCUT2D eigenvalue weighted by molar-refractivity contribution is 6.03. The van der Waals surface area contributed by atoms with Crippen LogP contribution in [0.15, 0.2) is 12.5 Å². The predicted octanol–water partition coefficient (Wildman–Crippen LogP) is 7.45. The molecule has 0 unspecified atom stereocenters. The van der Waals surface area contributed by atoms with E-state index in [1.165, 1.54) is 61.2 Å². The van der Waals surface area contributed by atoms with E-state index in [2.05, 4.69) is 90.7 Å². The zero-order valence-electron chi connectivity index (χ0n) is 21.0. The van der Waals surface area contributed by atoms with E-state index < -0.39 is 0 Å². The van der Waals surface area contributed by atoms with Crippen LogP contribution < -0.4 is 5.32 Å². The molecular formula is C28H34N4. The number of H-pyrrole nitrogens is 1. The Labute approximate surface area is 191 Å². The Morgan fingerprint density at radius 1 is 0.594 bits per heavy atom. The van der Waals surface area contributed by atoms with E-state index in [1.807, 2.05) is 0 Å². The van der Waals surface area contributed by atoms with Gasteiger partial charge in [-0.05, 0) is 130 Å². The average molecular weight is 427 g/mol. The number of benzene rings is 2. The summed E-state index contributed by atoms with van der Waals surface area (Å²) < 4.78 is 0. The largest absolute Gasteiger partial charge is 0.345 e. The monoisotopic (exact) mass is 426 g/mol. The maximum atomic E-state index is 4.70. The van der Waals surface area contributed by atoms with E-state index in [1.54, 1.807) is 6.33 Å². The van der Waals surface area contributed by atoms with Crippen molar-refractivity contribution in [3.8, 4) is 11.1 Å². The molecule has 166 valence electrons. The highest BCUT2D eigenvalue weighted by atomic mass is 15.0. The van der Waals surface area contributed by atoms with Crippen molar-refractivity contribution < 1.29 is 0 Å². The van der Waals surface area contributed by atoms with Crippen molar-refractivity contribution in [3.05, 3.63) is 68.2 Å². The summed E-state index contributed by atoms with van der Waals surface area (Å²) in [4.78, 5) is 12.6. The molecule has 0 aliphatic carbocycles. The lowest BCUT2D eigenvalue weighted by Crippen LogP contribution is -2.05. The van der Waals surface area contributed by atoms with Crippen molar-refractivity contribution in [2.24, 2.45) is 0 Å². The number of fused-ring (bicyclic) bond motifs is 1. The first-order chi connectivity index (χ1) is 15.1. The number of aromatic amines is 1. The van der Waals surface area contributed by atoms with Crippen LogP contribution in [0.2, 0.25) is 0 Å². The Kier molecular flexibility index (Phi) is 5.36. The smallest absolute Gasteiger partial charge is 0.143 e. The van der Waals surface area contributed by atoms with Crippen LogP contribution in [0.5, 0.6) is 0 Å². The Morgan fingerprint density at radius 2 is 1.06 bits per heavy atom. The van der Waals surface area contributed by atoms with E-state index >= 15 is 0 Å². The number of nitrogens with one attached hydrogen (secondary N) is 2. The number of hydrogen-bond donors (Lipinski definition) is 2. The van der Waals surface area contributed by atoms with Crippen molar-refractivity contribution in [2.45, 2.75) is 69.2 Å². The van der Waals surface area contributed by atoms with Crippen LogP contribution in [0, 0.1) is 69.2 Å². The van der Waals surface area contributed by atoms with Gasteiger partial charge in [-0.15, -0.1) is 0 Å². The minimum atomic E-state index is 0.842. The Hall–Kier alpha value is -3.14. The standard InChI is InChI=1S/C28H34N4/c1-13-15(3)19(7)24(20(8)16(13)4)23-11-29-27-25(23)28(31-12-30-27)32-26-21(9)17(5)14(2)18(6)22(26)10/h11-12H,1-10H3,(H2,29,30,31,32). The van der Waals surface area contributed by atoms with Crippen molar-refractivity contribution in [1.29, 1.82) is 0 Å². The highest BCUT2D eigenvalue weighted by Crippen LogP contribution is 2.41. The molecule has 0 radical (unpaired) electrons. The summed E-state index contributed by atoms with van der Waals surface area (Å²) in [6.45, 7) is 22.1. The molecule has 0 spiro atoms. The second kappa shape index (κ2) is 7.77. The molecule has 4 rings (SSSR count). The molecule has 0 fully saturated rings. The number of nitrogens with zero attached hydrogens (tertiary/aromatic N) is 2. The van der Waals surface area contributed by atoms with Gasteiger partial charge in [-0.3, -0.25) is 0 Å². The lowest BCUT2D eigenvalue weighted by atomic mass is 9.86. The summed E-state index contributed by atoms with van der Waals surface area (Å²) in [6, 6.07) is 0. The van der Waals surface area contributed by atoms with Crippen molar-refractivity contribution in [1.82, 2.24) is 15.0 Å². The molecule has 2 aromatic heterocycles. The van der Waals surface area contributed by atoms with Gasteiger partial charge in [-0.2, -0.15) is 0 Å². The Morgan fingerprint density at radius 3 is 1.59 bits per heavy atom. The molecule has 32 heavy (non-hydrogen) atoms. The van der Waals surface area contributed by atoms with Gasteiger partial charge in [-0.1, -0.05) is 0 Å². The van der Waals surface area contributed by atoms with Crippen LogP contribution >= 0.6 is 0 Å². The van der Waals surface area contributed by atoms with Crippen molar-refractivity contribution in [3.63, 3.8) is 0 Å². The first kappa shape index (κ1) is 22.1. The second-order valence-electron chi connectivity index (χ2n) is 9.27. The highest BCUT2D eigenvalue weighted by Gasteiger charge is 2.21. The number of rotatable bonds is 3. The molecule has 2 heterocycles. The van der Waals surface area contributed by atoms with Gasteiger partial charge < -0.3 is 10.3 Å². The van der Waals surface area contributed by atoms with Crippen LogP contribution in [-0.2, 0) is 0 Å².